The summed E-state index contributed by atoms with van der Waals surface area (Å²) in [6.45, 7) is 2.16. The number of hydrogen-bond acceptors (Lipinski definition) is 7. The highest BCUT2D eigenvalue weighted by Gasteiger charge is 2.23. The van der Waals surface area contributed by atoms with E-state index in [4.69, 9.17) is 4.74 Å². The number of methoxy groups -OCH3 is 3. The molecule has 0 bridgehead atoms. The van der Waals surface area contributed by atoms with Crippen molar-refractivity contribution in [3.05, 3.63) is 95.6 Å². The van der Waals surface area contributed by atoms with Gasteiger partial charge in [-0.25, -0.2) is 18.6 Å². The van der Waals surface area contributed by atoms with Crippen molar-refractivity contribution in [2.45, 2.75) is 6.42 Å². The number of hydrogen-bond donors (Lipinski definition) is 1. The number of halogens is 2. The van der Waals surface area contributed by atoms with Gasteiger partial charge in [0.15, 0.2) is 0 Å². The van der Waals surface area contributed by atoms with Crippen LogP contribution in [0.25, 0.3) is 12.2 Å². The van der Waals surface area contributed by atoms with Crippen molar-refractivity contribution in [1.82, 2.24) is 4.90 Å². The topological polar surface area (TPSA) is 92.7 Å². The zero-order valence-corrected chi connectivity index (χ0v) is 24.8. The molecule has 0 saturated carbocycles. The number of piperazine rings is 1. The molecule has 0 aromatic heterocycles. The highest BCUT2D eigenvalue weighted by molar-refractivity contribution is 5.99. The lowest BCUT2D eigenvalue weighted by Crippen LogP contribution is -2.50. The summed E-state index contributed by atoms with van der Waals surface area (Å²) in [6, 6.07) is 16.7. The number of nitrogens with zero attached hydrogens (tertiary/aromatic N) is 3. The summed E-state index contributed by atoms with van der Waals surface area (Å²) in [5, 5.41) is 3.08. The van der Waals surface area contributed by atoms with Gasteiger partial charge in [0.05, 0.1) is 33.4 Å². The summed E-state index contributed by atoms with van der Waals surface area (Å²) in [5.74, 6) is -1.27. The molecule has 0 aliphatic carbocycles. The first-order chi connectivity index (χ1) is 21.3. The molecule has 9 nitrogen and oxygen atoms in total. The van der Waals surface area contributed by atoms with E-state index < -0.39 is 23.6 Å². The fourth-order valence-electron chi connectivity index (χ4n) is 4.57. The highest BCUT2D eigenvalue weighted by Crippen LogP contribution is 2.28. The third-order valence-electron chi connectivity index (χ3n) is 6.93. The van der Waals surface area contributed by atoms with Gasteiger partial charge in [-0.15, -0.1) is 0 Å². The molecule has 11 heteroatoms. The zero-order valence-electron chi connectivity index (χ0n) is 24.8. The Balaban J connectivity index is 1.72. The molecule has 0 unspecified atom stereocenters. The molecule has 1 aliphatic rings. The third kappa shape index (κ3) is 8.21. The standard InChI is InChI=1S/C33H34F2N4O5/c1-42-26-12-7-11-25(22-26)38-18-20-39(21-19-38)33(37-32-24(9-5-14-28(32)35)16-17-30(41)44-3)36-31-23(8-4-13-27(31)34)10-6-15-29(40)43-2/h4-14,16-17,22H,15,18-21H2,1-3H3,(H,36,37)/b10-6+,17-16+. The molecule has 1 saturated heterocycles. The second kappa shape index (κ2) is 15.3. The highest BCUT2D eigenvalue weighted by atomic mass is 19.1. The average Bonchev–Trinajstić information content (AvgIpc) is 3.05. The van der Waals surface area contributed by atoms with Crippen molar-refractivity contribution in [3.8, 4) is 5.75 Å². The number of nitrogens with one attached hydrogen (secondary N) is 1. The van der Waals surface area contributed by atoms with E-state index in [1.807, 2.05) is 29.2 Å². The molecule has 1 fully saturated rings. The van der Waals surface area contributed by atoms with Crippen molar-refractivity contribution in [1.29, 1.82) is 0 Å². The lowest BCUT2D eigenvalue weighted by molar-refractivity contribution is -0.139. The molecule has 3 aromatic carbocycles. The van der Waals surface area contributed by atoms with Crippen LogP contribution >= 0.6 is 0 Å². The predicted molar refractivity (Wildman–Crippen MR) is 167 cm³/mol. The summed E-state index contributed by atoms with van der Waals surface area (Å²) in [7, 11) is 4.15. The number of guanidine groups is 1. The Labute approximate surface area is 255 Å². The van der Waals surface area contributed by atoms with Crippen LogP contribution in [-0.2, 0) is 19.1 Å². The summed E-state index contributed by atoms with van der Waals surface area (Å²) in [6.07, 6.45) is 5.76. The minimum Gasteiger partial charge on any atom is -0.497 e. The van der Waals surface area contributed by atoms with Crippen molar-refractivity contribution in [3.63, 3.8) is 0 Å². The van der Waals surface area contributed by atoms with Gasteiger partial charge in [0.25, 0.3) is 0 Å². The van der Waals surface area contributed by atoms with Crippen LogP contribution in [0.1, 0.15) is 17.5 Å². The van der Waals surface area contributed by atoms with E-state index in [1.165, 1.54) is 44.6 Å². The van der Waals surface area contributed by atoms with Crippen molar-refractivity contribution in [2.24, 2.45) is 4.99 Å². The summed E-state index contributed by atoms with van der Waals surface area (Å²) in [5.41, 5.74) is 1.84. The van der Waals surface area contributed by atoms with E-state index in [9.17, 15) is 9.59 Å². The van der Waals surface area contributed by atoms with Gasteiger partial charge in [-0.2, -0.15) is 0 Å². The minimum absolute atomic E-state index is 0.00137. The molecule has 1 heterocycles. The minimum atomic E-state index is -0.600. The van der Waals surface area contributed by atoms with Crippen LogP contribution in [0, 0.1) is 11.6 Å². The molecule has 4 rings (SSSR count). The molecule has 0 spiro atoms. The van der Waals surface area contributed by atoms with E-state index in [1.54, 1.807) is 37.5 Å². The maximum Gasteiger partial charge on any atom is 0.330 e. The van der Waals surface area contributed by atoms with Gasteiger partial charge >= 0.3 is 11.9 Å². The van der Waals surface area contributed by atoms with E-state index >= 15 is 8.78 Å². The van der Waals surface area contributed by atoms with Crippen molar-refractivity contribution in [2.75, 3.05) is 57.7 Å². The Morgan fingerprint density at radius 2 is 1.59 bits per heavy atom. The molecule has 0 atom stereocenters. The van der Waals surface area contributed by atoms with Crippen molar-refractivity contribution < 1.29 is 32.6 Å². The van der Waals surface area contributed by atoms with Crippen LogP contribution in [-0.4, -0.2) is 70.3 Å². The number of anilines is 2. The molecule has 1 N–H and O–H groups in total. The van der Waals surface area contributed by atoms with Crippen LogP contribution in [0.4, 0.5) is 25.8 Å². The van der Waals surface area contributed by atoms with Gasteiger partial charge in [-0.3, -0.25) is 4.79 Å². The Hall–Kier alpha value is -5.19. The number of para-hydroxylation sites is 2. The summed E-state index contributed by atoms with van der Waals surface area (Å²) < 4.78 is 45.3. The van der Waals surface area contributed by atoms with Gasteiger partial charge in [-0.1, -0.05) is 42.5 Å². The molecule has 0 amide bonds. The zero-order chi connectivity index (χ0) is 31.5. The Morgan fingerprint density at radius 1 is 0.886 bits per heavy atom. The van der Waals surface area contributed by atoms with E-state index in [-0.39, 0.29) is 23.8 Å². The number of benzene rings is 3. The van der Waals surface area contributed by atoms with Crippen LogP contribution in [0.2, 0.25) is 0 Å². The molecule has 3 aromatic rings. The van der Waals surface area contributed by atoms with Crippen LogP contribution in [0.5, 0.6) is 5.75 Å². The van der Waals surface area contributed by atoms with Crippen LogP contribution in [0.15, 0.2) is 77.8 Å². The first kappa shape index (κ1) is 31.7. The second-order valence-electron chi connectivity index (χ2n) is 9.66. The van der Waals surface area contributed by atoms with E-state index in [0.29, 0.717) is 37.3 Å². The maximum absolute atomic E-state index is 15.3. The third-order valence-corrected chi connectivity index (χ3v) is 6.93. The van der Waals surface area contributed by atoms with Gasteiger partial charge < -0.3 is 29.3 Å². The van der Waals surface area contributed by atoms with Gasteiger partial charge in [0.2, 0.25) is 5.96 Å². The van der Waals surface area contributed by atoms with Gasteiger partial charge in [0, 0.05) is 55.1 Å². The fourth-order valence-corrected chi connectivity index (χ4v) is 4.57. The average molecular weight is 605 g/mol. The van der Waals surface area contributed by atoms with Gasteiger partial charge in [-0.05, 0) is 30.3 Å². The Kier molecular flexibility index (Phi) is 11.1. The van der Waals surface area contributed by atoms with E-state index in [0.717, 1.165) is 11.4 Å². The molecule has 1 aliphatic heterocycles. The lowest BCUT2D eigenvalue weighted by Gasteiger charge is -2.38. The smallest absolute Gasteiger partial charge is 0.330 e. The Morgan fingerprint density at radius 3 is 2.30 bits per heavy atom. The number of aliphatic imine (C=N–C) groups is 1. The normalized spacial score (nSPS) is 13.8. The van der Waals surface area contributed by atoms with Gasteiger partial charge in [0.1, 0.15) is 23.1 Å². The van der Waals surface area contributed by atoms with Crippen molar-refractivity contribution >= 4 is 47.1 Å². The largest absolute Gasteiger partial charge is 0.497 e. The maximum atomic E-state index is 15.3. The first-order valence-electron chi connectivity index (χ1n) is 13.9. The van der Waals surface area contributed by atoms with E-state index in [2.05, 4.69) is 24.7 Å². The number of rotatable bonds is 9. The van der Waals surface area contributed by atoms with Crippen LogP contribution in [0.3, 0.4) is 0 Å². The molecular weight excluding hydrogens is 570 g/mol. The second-order valence-corrected chi connectivity index (χ2v) is 9.66. The molecule has 44 heavy (non-hydrogen) atoms. The lowest BCUT2D eigenvalue weighted by atomic mass is 10.1. The first-order valence-corrected chi connectivity index (χ1v) is 13.9. The number of carbonyl (C=O) groups is 2. The fraction of sp³-hybridized carbons (Fsp3) is 0.242. The summed E-state index contributed by atoms with van der Waals surface area (Å²) in [4.78, 5) is 32.1. The number of esters is 2. The number of ether oxygens (including phenoxy) is 3. The SMILES string of the molecule is COC(=O)/C=C/c1cccc(F)c1NC(=Nc1c(F)cccc1/C=C/CC(=O)OC)N1CCN(c2cccc(OC)c2)CC1. The molecule has 230 valence electrons. The Bertz CT molecular complexity index is 1570. The monoisotopic (exact) mass is 604 g/mol. The quantitative estimate of drug-likeness (QED) is 0.145. The molecular formula is C33H34F2N4O5. The molecule has 0 radical (unpaired) electrons. The van der Waals surface area contributed by atoms with Crippen LogP contribution < -0.4 is 15.0 Å². The predicted octanol–water partition coefficient (Wildman–Crippen LogP) is 5.66. The number of carbonyl (C=O) groups excluding carboxylic acids is 2. The summed E-state index contributed by atoms with van der Waals surface area (Å²) >= 11 is 0.